The molecule has 4 heteroatoms. The average molecular weight is 180 g/mol. The zero-order valence-corrected chi connectivity index (χ0v) is 8.20. The van der Waals surface area contributed by atoms with E-state index < -0.39 is 0 Å². The van der Waals surface area contributed by atoms with Crippen LogP contribution < -0.4 is 5.32 Å². The second-order valence-electron chi connectivity index (χ2n) is 3.84. The van der Waals surface area contributed by atoms with Crippen LogP contribution in [0.2, 0.25) is 0 Å². The predicted octanol–water partition coefficient (Wildman–Crippen LogP) is 1.28. The second kappa shape index (κ2) is 3.46. The lowest BCUT2D eigenvalue weighted by atomic mass is 10.2. The van der Waals surface area contributed by atoms with Crippen molar-refractivity contribution in [2.24, 2.45) is 0 Å². The van der Waals surface area contributed by atoms with Crippen LogP contribution in [0.4, 0.5) is 0 Å². The highest BCUT2D eigenvalue weighted by Gasteiger charge is 2.21. The van der Waals surface area contributed by atoms with Gasteiger partial charge in [-0.05, 0) is 33.2 Å². The minimum Gasteiger partial charge on any atom is -0.314 e. The molecular weight excluding hydrogens is 164 g/mol. The minimum absolute atomic E-state index is 0.421. The van der Waals surface area contributed by atoms with Crippen LogP contribution in [0.1, 0.15) is 44.6 Å². The van der Waals surface area contributed by atoms with Gasteiger partial charge in [0.15, 0.2) is 0 Å². The van der Waals surface area contributed by atoms with Gasteiger partial charge in [-0.2, -0.15) is 0 Å². The molecule has 13 heavy (non-hydrogen) atoms. The van der Waals surface area contributed by atoms with E-state index in [-0.39, 0.29) is 0 Å². The van der Waals surface area contributed by atoms with Crippen LogP contribution in [0.5, 0.6) is 0 Å². The standard InChI is InChI=1S/C9H16N4/c1-7(2)13-6-11-12-9(13)8-4-3-5-10-8/h6-8,10H,3-5H2,1-2H3/t8-/m1/s1. The van der Waals surface area contributed by atoms with Gasteiger partial charge in [-0.1, -0.05) is 0 Å². The van der Waals surface area contributed by atoms with Crippen molar-refractivity contribution in [1.29, 1.82) is 0 Å². The van der Waals surface area contributed by atoms with Gasteiger partial charge in [-0.3, -0.25) is 0 Å². The summed E-state index contributed by atoms with van der Waals surface area (Å²) in [4.78, 5) is 0. The first-order valence-electron chi connectivity index (χ1n) is 4.92. The predicted molar refractivity (Wildman–Crippen MR) is 50.4 cm³/mol. The normalized spacial score (nSPS) is 22.8. The first-order chi connectivity index (χ1) is 6.29. The van der Waals surface area contributed by atoms with E-state index in [1.165, 1.54) is 12.8 Å². The van der Waals surface area contributed by atoms with Crippen LogP contribution >= 0.6 is 0 Å². The first kappa shape index (κ1) is 8.69. The van der Waals surface area contributed by atoms with Crippen LogP contribution in [-0.4, -0.2) is 21.3 Å². The van der Waals surface area contributed by atoms with E-state index in [9.17, 15) is 0 Å². The molecule has 1 fully saturated rings. The molecule has 1 aromatic heterocycles. The monoisotopic (exact) mass is 180 g/mol. The van der Waals surface area contributed by atoms with Crippen LogP contribution in [0.3, 0.4) is 0 Å². The van der Waals surface area contributed by atoms with Crippen molar-refractivity contribution in [3.8, 4) is 0 Å². The molecule has 2 heterocycles. The number of hydrogen-bond donors (Lipinski definition) is 1. The molecule has 2 rings (SSSR count). The fraction of sp³-hybridized carbons (Fsp3) is 0.778. The Bertz CT molecular complexity index is 273. The van der Waals surface area contributed by atoms with Crippen LogP contribution in [0.15, 0.2) is 6.33 Å². The lowest BCUT2D eigenvalue weighted by molar-refractivity contribution is 0.507. The summed E-state index contributed by atoms with van der Waals surface area (Å²) < 4.78 is 2.14. The fourth-order valence-electron chi connectivity index (χ4n) is 1.80. The zero-order chi connectivity index (χ0) is 9.26. The highest BCUT2D eigenvalue weighted by atomic mass is 15.3. The van der Waals surface area contributed by atoms with E-state index >= 15 is 0 Å². The summed E-state index contributed by atoms with van der Waals surface area (Å²) in [5.41, 5.74) is 0. The van der Waals surface area contributed by atoms with Gasteiger partial charge in [0.25, 0.3) is 0 Å². The zero-order valence-electron chi connectivity index (χ0n) is 8.20. The average Bonchev–Trinajstić information content (AvgIpc) is 2.74. The van der Waals surface area contributed by atoms with Crippen LogP contribution in [0, 0.1) is 0 Å². The van der Waals surface area contributed by atoms with E-state index in [1.807, 2.05) is 6.33 Å². The second-order valence-corrected chi connectivity index (χ2v) is 3.84. The summed E-state index contributed by atoms with van der Waals surface area (Å²) in [7, 11) is 0. The third-order valence-corrected chi connectivity index (χ3v) is 2.53. The molecule has 0 saturated carbocycles. The van der Waals surface area contributed by atoms with Gasteiger partial charge in [-0.25, -0.2) is 0 Å². The molecular formula is C9H16N4. The van der Waals surface area contributed by atoms with Crippen LogP contribution in [-0.2, 0) is 0 Å². The number of aromatic nitrogens is 3. The van der Waals surface area contributed by atoms with Crippen molar-refractivity contribution >= 4 is 0 Å². The van der Waals surface area contributed by atoms with Gasteiger partial charge in [0.1, 0.15) is 12.2 Å². The number of nitrogens with zero attached hydrogens (tertiary/aromatic N) is 3. The van der Waals surface area contributed by atoms with E-state index in [0.29, 0.717) is 12.1 Å². The molecule has 4 nitrogen and oxygen atoms in total. The molecule has 1 atom stereocenters. The molecule has 0 radical (unpaired) electrons. The van der Waals surface area contributed by atoms with E-state index in [1.54, 1.807) is 0 Å². The minimum atomic E-state index is 0.421. The molecule has 1 saturated heterocycles. The Morgan fingerprint density at radius 3 is 3.08 bits per heavy atom. The Kier molecular flexibility index (Phi) is 2.31. The van der Waals surface area contributed by atoms with Gasteiger partial charge >= 0.3 is 0 Å². The quantitative estimate of drug-likeness (QED) is 0.745. The van der Waals surface area contributed by atoms with Crippen molar-refractivity contribution in [1.82, 2.24) is 20.1 Å². The number of nitrogens with one attached hydrogen (secondary N) is 1. The molecule has 0 bridgehead atoms. The molecule has 0 aliphatic carbocycles. The smallest absolute Gasteiger partial charge is 0.150 e. The molecule has 0 spiro atoms. The van der Waals surface area contributed by atoms with E-state index in [2.05, 4.69) is 33.9 Å². The summed E-state index contributed by atoms with van der Waals surface area (Å²) in [6.07, 6.45) is 4.25. The summed E-state index contributed by atoms with van der Waals surface area (Å²) in [6, 6.07) is 0.872. The highest BCUT2D eigenvalue weighted by molar-refractivity contribution is 4.98. The lowest BCUT2D eigenvalue weighted by Gasteiger charge is -2.14. The number of hydrogen-bond acceptors (Lipinski definition) is 3. The van der Waals surface area contributed by atoms with Crippen LogP contribution in [0.25, 0.3) is 0 Å². The Hall–Kier alpha value is -0.900. The Morgan fingerprint density at radius 2 is 2.46 bits per heavy atom. The topological polar surface area (TPSA) is 42.7 Å². The summed E-state index contributed by atoms with van der Waals surface area (Å²) in [5, 5.41) is 11.6. The molecule has 1 aliphatic heterocycles. The van der Waals surface area contributed by atoms with Gasteiger partial charge < -0.3 is 9.88 Å². The largest absolute Gasteiger partial charge is 0.314 e. The molecule has 1 aliphatic rings. The molecule has 72 valence electrons. The van der Waals surface area contributed by atoms with Crippen molar-refractivity contribution in [2.45, 2.75) is 38.8 Å². The molecule has 0 amide bonds. The van der Waals surface area contributed by atoms with Crippen molar-refractivity contribution in [3.63, 3.8) is 0 Å². The Labute approximate surface area is 78.4 Å². The maximum Gasteiger partial charge on any atom is 0.150 e. The molecule has 0 unspecified atom stereocenters. The highest BCUT2D eigenvalue weighted by Crippen LogP contribution is 2.22. The number of rotatable bonds is 2. The third-order valence-electron chi connectivity index (χ3n) is 2.53. The Morgan fingerprint density at radius 1 is 1.62 bits per heavy atom. The SMILES string of the molecule is CC(C)n1cnnc1[C@H]1CCCN1. The van der Waals surface area contributed by atoms with Gasteiger partial charge in [0.2, 0.25) is 0 Å². The van der Waals surface area contributed by atoms with Gasteiger partial charge in [0.05, 0.1) is 6.04 Å². The molecule has 1 N–H and O–H groups in total. The van der Waals surface area contributed by atoms with Crippen molar-refractivity contribution < 1.29 is 0 Å². The van der Waals surface area contributed by atoms with Crippen molar-refractivity contribution in [2.75, 3.05) is 6.54 Å². The van der Waals surface area contributed by atoms with Gasteiger partial charge in [0, 0.05) is 6.04 Å². The van der Waals surface area contributed by atoms with E-state index in [0.717, 1.165) is 12.4 Å². The fourth-order valence-corrected chi connectivity index (χ4v) is 1.80. The third kappa shape index (κ3) is 1.58. The summed E-state index contributed by atoms with van der Waals surface area (Å²) >= 11 is 0. The van der Waals surface area contributed by atoms with Crippen molar-refractivity contribution in [3.05, 3.63) is 12.2 Å². The lowest BCUT2D eigenvalue weighted by Crippen LogP contribution is -2.18. The molecule has 1 aromatic rings. The van der Waals surface area contributed by atoms with Gasteiger partial charge in [-0.15, -0.1) is 10.2 Å². The Balaban J connectivity index is 2.23. The van der Waals surface area contributed by atoms with E-state index in [4.69, 9.17) is 0 Å². The maximum absolute atomic E-state index is 4.17. The molecule has 0 aromatic carbocycles. The maximum atomic E-state index is 4.17. The summed E-state index contributed by atoms with van der Waals surface area (Å²) in [5.74, 6) is 1.09. The summed E-state index contributed by atoms with van der Waals surface area (Å²) in [6.45, 7) is 5.42. The first-order valence-corrected chi connectivity index (χ1v) is 4.92.